The first-order valence-electron chi connectivity index (χ1n) is 7.54. The molecule has 2 aromatic carbocycles. The molecule has 0 heterocycles. The number of alkyl carbamates (subject to hydrolysis) is 1. The highest BCUT2D eigenvalue weighted by Gasteiger charge is 2.00. The van der Waals surface area contributed by atoms with Gasteiger partial charge in [0, 0.05) is 12.4 Å². The molecule has 0 aliphatic carbocycles. The summed E-state index contributed by atoms with van der Waals surface area (Å²) in [6.07, 6.45) is 4.40. The summed E-state index contributed by atoms with van der Waals surface area (Å²) in [5.41, 5.74) is 3.19. The zero-order chi connectivity index (χ0) is 16.3. The molecule has 0 fully saturated rings. The van der Waals surface area contributed by atoms with Gasteiger partial charge in [0.25, 0.3) is 0 Å². The van der Waals surface area contributed by atoms with Crippen LogP contribution in [0.25, 0.3) is 6.08 Å². The highest BCUT2D eigenvalue weighted by Crippen LogP contribution is 2.08. The Morgan fingerprint density at radius 1 is 1.04 bits per heavy atom. The fraction of sp³-hybridized carbons (Fsp3) is 0.211. The van der Waals surface area contributed by atoms with Crippen molar-refractivity contribution in [2.75, 3.05) is 6.54 Å². The third-order valence-electron chi connectivity index (χ3n) is 3.24. The molecule has 0 bridgehead atoms. The largest absolute Gasteiger partial charge is 0.445 e. The van der Waals surface area contributed by atoms with E-state index in [9.17, 15) is 4.79 Å². The number of ether oxygens (including phenoxy) is 1. The first kappa shape index (κ1) is 17.1. The average Bonchev–Trinajstić information content (AvgIpc) is 2.61. The molecule has 0 atom stereocenters. The van der Waals surface area contributed by atoms with Gasteiger partial charge in [-0.15, -0.1) is 11.6 Å². The van der Waals surface area contributed by atoms with Gasteiger partial charge in [-0.3, -0.25) is 0 Å². The molecule has 3 nitrogen and oxygen atoms in total. The lowest BCUT2D eigenvalue weighted by molar-refractivity contribution is 0.140. The molecule has 1 amide bonds. The highest BCUT2D eigenvalue weighted by molar-refractivity contribution is 6.17. The molecule has 23 heavy (non-hydrogen) atoms. The van der Waals surface area contributed by atoms with Crippen LogP contribution in [-0.2, 0) is 17.2 Å². The second-order valence-corrected chi connectivity index (χ2v) is 5.32. The number of benzene rings is 2. The molecule has 0 spiro atoms. The number of nitrogens with one attached hydrogen (secondary N) is 1. The zero-order valence-corrected chi connectivity index (χ0v) is 13.6. The third-order valence-corrected chi connectivity index (χ3v) is 3.55. The van der Waals surface area contributed by atoms with Gasteiger partial charge in [0.2, 0.25) is 0 Å². The number of hydrogen-bond donors (Lipinski definition) is 1. The summed E-state index contributed by atoms with van der Waals surface area (Å²) in [6, 6.07) is 17.7. The number of alkyl halides is 1. The van der Waals surface area contributed by atoms with Crippen molar-refractivity contribution in [2.45, 2.75) is 18.9 Å². The van der Waals surface area contributed by atoms with Crippen LogP contribution in [0.3, 0.4) is 0 Å². The van der Waals surface area contributed by atoms with Crippen molar-refractivity contribution in [2.24, 2.45) is 0 Å². The van der Waals surface area contributed by atoms with Crippen LogP contribution < -0.4 is 5.32 Å². The Kier molecular flexibility index (Phi) is 7.21. The molecule has 0 aromatic heterocycles. The molecule has 2 rings (SSSR count). The van der Waals surface area contributed by atoms with Crippen molar-refractivity contribution in [3.63, 3.8) is 0 Å². The van der Waals surface area contributed by atoms with Crippen molar-refractivity contribution in [1.82, 2.24) is 5.32 Å². The molecule has 120 valence electrons. The maximum atomic E-state index is 11.6. The van der Waals surface area contributed by atoms with Crippen LogP contribution in [0.2, 0.25) is 0 Å². The van der Waals surface area contributed by atoms with Crippen molar-refractivity contribution in [3.05, 3.63) is 77.4 Å². The molecular formula is C19H20ClNO2. The fourth-order valence-electron chi connectivity index (χ4n) is 1.97. The summed E-state index contributed by atoms with van der Waals surface area (Å²) in [5.74, 6) is 0.527. The first-order chi connectivity index (χ1) is 11.3. The molecule has 0 radical (unpaired) electrons. The van der Waals surface area contributed by atoms with E-state index in [1.54, 1.807) is 0 Å². The fourth-order valence-corrected chi connectivity index (χ4v) is 2.15. The molecule has 0 unspecified atom stereocenters. The monoisotopic (exact) mass is 329 g/mol. The molecular weight excluding hydrogens is 310 g/mol. The number of hydrogen-bond acceptors (Lipinski definition) is 2. The normalized spacial score (nSPS) is 10.7. The average molecular weight is 330 g/mol. The van der Waals surface area contributed by atoms with E-state index in [1.165, 1.54) is 0 Å². The molecule has 2 aromatic rings. The number of carbonyl (C=O) groups is 1. The van der Waals surface area contributed by atoms with Gasteiger partial charge >= 0.3 is 6.09 Å². The summed E-state index contributed by atoms with van der Waals surface area (Å²) in [4.78, 5) is 11.6. The maximum absolute atomic E-state index is 11.6. The Morgan fingerprint density at radius 3 is 2.48 bits per heavy atom. The number of halogens is 1. The first-order valence-corrected chi connectivity index (χ1v) is 8.07. The van der Waals surface area contributed by atoms with E-state index in [0.29, 0.717) is 12.4 Å². The lowest BCUT2D eigenvalue weighted by atomic mass is 10.1. The van der Waals surface area contributed by atoms with Gasteiger partial charge in [-0.05, 0) is 23.1 Å². The van der Waals surface area contributed by atoms with Crippen LogP contribution >= 0.6 is 11.6 Å². The minimum absolute atomic E-state index is 0.287. The van der Waals surface area contributed by atoms with E-state index < -0.39 is 6.09 Å². The standard InChI is InChI=1S/C19H20ClNO2/c20-14-17-11-9-16(10-12-17)6-4-5-13-21-19(22)23-15-18-7-2-1-3-8-18/h1-4,6-12H,5,13-15H2,(H,21,22). The Balaban J connectivity index is 1.62. The summed E-state index contributed by atoms with van der Waals surface area (Å²) >= 11 is 5.75. The van der Waals surface area contributed by atoms with Gasteiger partial charge in [0.1, 0.15) is 6.61 Å². The Hall–Kier alpha value is -2.26. The van der Waals surface area contributed by atoms with E-state index in [4.69, 9.17) is 16.3 Å². The van der Waals surface area contributed by atoms with Crippen LogP contribution in [0.15, 0.2) is 60.7 Å². The summed E-state index contributed by atoms with van der Waals surface area (Å²) in [6.45, 7) is 0.833. The molecule has 4 heteroatoms. The van der Waals surface area contributed by atoms with Crippen LogP contribution in [0.5, 0.6) is 0 Å². The van der Waals surface area contributed by atoms with Crippen molar-refractivity contribution < 1.29 is 9.53 Å². The van der Waals surface area contributed by atoms with Crippen molar-refractivity contribution in [3.8, 4) is 0 Å². The van der Waals surface area contributed by atoms with Gasteiger partial charge < -0.3 is 10.1 Å². The lowest BCUT2D eigenvalue weighted by Gasteiger charge is -2.05. The second-order valence-electron chi connectivity index (χ2n) is 5.05. The van der Waals surface area contributed by atoms with E-state index >= 15 is 0 Å². The predicted molar refractivity (Wildman–Crippen MR) is 94.3 cm³/mol. The maximum Gasteiger partial charge on any atom is 0.407 e. The molecule has 0 aliphatic heterocycles. The van der Waals surface area contributed by atoms with Crippen LogP contribution in [0.1, 0.15) is 23.1 Å². The van der Waals surface area contributed by atoms with Gasteiger partial charge in [-0.1, -0.05) is 66.7 Å². The molecule has 0 saturated heterocycles. The van der Waals surface area contributed by atoms with Gasteiger partial charge in [-0.2, -0.15) is 0 Å². The predicted octanol–water partition coefficient (Wildman–Crippen LogP) is 4.76. The second kappa shape index (κ2) is 9.70. The minimum atomic E-state index is -0.395. The van der Waals surface area contributed by atoms with E-state index in [-0.39, 0.29) is 6.61 Å². The van der Waals surface area contributed by atoms with Crippen LogP contribution in [0.4, 0.5) is 4.79 Å². The summed E-state index contributed by atoms with van der Waals surface area (Å²) < 4.78 is 5.13. The van der Waals surface area contributed by atoms with Gasteiger partial charge in [0.05, 0.1) is 0 Å². The number of rotatable bonds is 7. The Bertz CT molecular complexity index is 624. The van der Waals surface area contributed by atoms with E-state index in [2.05, 4.69) is 5.32 Å². The van der Waals surface area contributed by atoms with Crippen molar-refractivity contribution in [1.29, 1.82) is 0 Å². The topological polar surface area (TPSA) is 38.3 Å². The molecule has 0 saturated carbocycles. The summed E-state index contributed by atoms with van der Waals surface area (Å²) in [7, 11) is 0. The van der Waals surface area contributed by atoms with E-state index in [1.807, 2.05) is 66.7 Å². The zero-order valence-electron chi connectivity index (χ0n) is 12.9. The smallest absolute Gasteiger partial charge is 0.407 e. The lowest BCUT2D eigenvalue weighted by Crippen LogP contribution is -2.24. The minimum Gasteiger partial charge on any atom is -0.445 e. The Labute approximate surface area is 141 Å². The van der Waals surface area contributed by atoms with Crippen LogP contribution in [-0.4, -0.2) is 12.6 Å². The summed E-state index contributed by atoms with van der Waals surface area (Å²) in [5, 5.41) is 2.73. The third kappa shape index (κ3) is 6.57. The quantitative estimate of drug-likeness (QED) is 0.587. The SMILES string of the molecule is O=C(NCCC=Cc1ccc(CCl)cc1)OCc1ccccc1. The molecule has 1 N–H and O–H groups in total. The van der Waals surface area contributed by atoms with E-state index in [0.717, 1.165) is 23.1 Å². The Morgan fingerprint density at radius 2 is 1.78 bits per heavy atom. The number of carbonyl (C=O) groups excluding carboxylic acids is 1. The number of amides is 1. The van der Waals surface area contributed by atoms with Gasteiger partial charge in [0.15, 0.2) is 0 Å². The van der Waals surface area contributed by atoms with Crippen LogP contribution in [0, 0.1) is 0 Å². The van der Waals surface area contributed by atoms with Gasteiger partial charge in [-0.25, -0.2) is 4.79 Å². The molecule has 0 aliphatic rings. The highest BCUT2D eigenvalue weighted by atomic mass is 35.5. The van der Waals surface area contributed by atoms with Crippen molar-refractivity contribution >= 4 is 23.8 Å².